The van der Waals surface area contributed by atoms with Crippen molar-refractivity contribution in [2.45, 2.75) is 38.6 Å². The van der Waals surface area contributed by atoms with Gasteiger partial charge in [0.05, 0.1) is 7.11 Å². The number of benzene rings is 1. The van der Waals surface area contributed by atoms with E-state index in [1.807, 2.05) is 12.1 Å². The number of nitrogens with zero attached hydrogens (tertiary/aromatic N) is 1. The van der Waals surface area contributed by atoms with Crippen molar-refractivity contribution in [3.63, 3.8) is 0 Å². The summed E-state index contributed by atoms with van der Waals surface area (Å²) >= 11 is 0. The molecule has 0 heterocycles. The summed E-state index contributed by atoms with van der Waals surface area (Å²) in [7, 11) is 1.59. The molecular formula is C16H21N3O3. The van der Waals surface area contributed by atoms with Gasteiger partial charge in [-0.1, -0.05) is 18.6 Å². The van der Waals surface area contributed by atoms with Crippen molar-refractivity contribution in [3.8, 4) is 5.75 Å². The molecule has 6 nitrogen and oxygen atoms in total. The smallest absolute Gasteiger partial charge is 0.329 e. The first kappa shape index (κ1) is 16.0. The molecule has 1 fully saturated rings. The fourth-order valence-corrected chi connectivity index (χ4v) is 2.26. The Bertz CT molecular complexity index is 544. The van der Waals surface area contributed by atoms with Crippen LogP contribution < -0.4 is 15.5 Å². The van der Waals surface area contributed by atoms with Crippen molar-refractivity contribution in [3.05, 3.63) is 29.8 Å². The SMILES string of the molecule is COc1ccc(CNC(=O)C(=O)NN=C2CCCCC2)cc1. The van der Waals surface area contributed by atoms with E-state index >= 15 is 0 Å². The van der Waals surface area contributed by atoms with E-state index in [2.05, 4.69) is 15.8 Å². The van der Waals surface area contributed by atoms with Crippen molar-refractivity contribution < 1.29 is 14.3 Å². The van der Waals surface area contributed by atoms with Gasteiger partial charge in [-0.05, 0) is 43.4 Å². The van der Waals surface area contributed by atoms with E-state index in [4.69, 9.17) is 4.74 Å². The maximum Gasteiger partial charge on any atom is 0.329 e. The Balaban J connectivity index is 1.76. The third-order valence-electron chi connectivity index (χ3n) is 3.56. The Morgan fingerprint density at radius 1 is 1.09 bits per heavy atom. The number of rotatable bonds is 4. The van der Waals surface area contributed by atoms with Crippen molar-refractivity contribution in [1.82, 2.24) is 10.7 Å². The molecule has 0 atom stereocenters. The molecule has 2 N–H and O–H groups in total. The molecule has 0 saturated heterocycles. The van der Waals surface area contributed by atoms with Crippen LogP contribution in [0.25, 0.3) is 0 Å². The van der Waals surface area contributed by atoms with Crippen LogP contribution in [0.1, 0.15) is 37.7 Å². The summed E-state index contributed by atoms with van der Waals surface area (Å²) in [5.41, 5.74) is 4.17. The largest absolute Gasteiger partial charge is 0.497 e. The molecule has 6 heteroatoms. The van der Waals surface area contributed by atoms with Crippen molar-refractivity contribution >= 4 is 17.5 Å². The lowest BCUT2D eigenvalue weighted by molar-refractivity contribution is -0.139. The van der Waals surface area contributed by atoms with E-state index in [-0.39, 0.29) is 6.54 Å². The van der Waals surface area contributed by atoms with Gasteiger partial charge < -0.3 is 10.1 Å². The summed E-state index contributed by atoms with van der Waals surface area (Å²) in [5, 5.41) is 6.58. The zero-order chi connectivity index (χ0) is 15.8. The second-order valence-corrected chi connectivity index (χ2v) is 5.21. The highest BCUT2D eigenvalue weighted by atomic mass is 16.5. The van der Waals surface area contributed by atoms with Crippen molar-refractivity contribution in [2.75, 3.05) is 7.11 Å². The van der Waals surface area contributed by atoms with Gasteiger partial charge in [-0.15, -0.1) is 0 Å². The fourth-order valence-electron chi connectivity index (χ4n) is 2.26. The molecule has 0 spiro atoms. The Morgan fingerprint density at radius 2 is 1.77 bits per heavy atom. The molecule has 1 aromatic carbocycles. The minimum atomic E-state index is -0.730. The highest BCUT2D eigenvalue weighted by molar-refractivity contribution is 6.35. The Kier molecular flexibility index (Phi) is 5.94. The number of amides is 2. The first-order chi connectivity index (χ1) is 10.7. The summed E-state index contributed by atoms with van der Waals surface area (Å²) in [5.74, 6) is -0.668. The van der Waals surface area contributed by atoms with E-state index in [9.17, 15) is 9.59 Å². The van der Waals surface area contributed by atoms with Crippen LogP contribution in [-0.2, 0) is 16.1 Å². The number of nitrogens with one attached hydrogen (secondary N) is 2. The van der Waals surface area contributed by atoms with Crippen LogP contribution in [0.5, 0.6) is 5.75 Å². The third kappa shape index (κ3) is 4.87. The highest BCUT2D eigenvalue weighted by Gasteiger charge is 2.13. The topological polar surface area (TPSA) is 79.8 Å². The van der Waals surface area contributed by atoms with Crippen LogP contribution in [0.3, 0.4) is 0 Å². The minimum Gasteiger partial charge on any atom is -0.497 e. The monoisotopic (exact) mass is 303 g/mol. The zero-order valence-electron chi connectivity index (χ0n) is 12.7. The number of ether oxygens (including phenoxy) is 1. The molecule has 2 rings (SSSR count). The molecule has 1 aromatic rings. The normalized spacial score (nSPS) is 14.1. The maximum absolute atomic E-state index is 11.7. The molecular weight excluding hydrogens is 282 g/mol. The van der Waals surface area contributed by atoms with Gasteiger partial charge in [0.15, 0.2) is 0 Å². The third-order valence-corrected chi connectivity index (χ3v) is 3.56. The standard InChI is InChI=1S/C16H21N3O3/c1-22-14-9-7-12(8-10-14)11-17-15(20)16(21)19-18-13-5-3-2-4-6-13/h7-10H,2-6,11H2,1H3,(H,17,20)(H,19,21). The predicted octanol–water partition coefficient (Wildman–Crippen LogP) is 1.75. The number of methoxy groups -OCH3 is 1. The summed E-state index contributed by atoms with van der Waals surface area (Å²) in [6.07, 6.45) is 5.19. The molecule has 0 bridgehead atoms. The summed E-state index contributed by atoms with van der Waals surface area (Å²) < 4.78 is 5.06. The number of carbonyl (C=O) groups is 2. The van der Waals surface area contributed by atoms with Crippen molar-refractivity contribution in [2.24, 2.45) is 5.10 Å². The number of hydrogen-bond acceptors (Lipinski definition) is 4. The molecule has 2 amide bonds. The molecule has 118 valence electrons. The lowest BCUT2D eigenvalue weighted by Crippen LogP contribution is -2.37. The van der Waals surface area contributed by atoms with Gasteiger partial charge in [0, 0.05) is 12.3 Å². The molecule has 1 saturated carbocycles. The van der Waals surface area contributed by atoms with Gasteiger partial charge in [0.25, 0.3) is 0 Å². The molecule has 1 aliphatic rings. The first-order valence-corrected chi connectivity index (χ1v) is 7.45. The van der Waals surface area contributed by atoms with Crippen LogP contribution in [0, 0.1) is 0 Å². The average Bonchev–Trinajstić information content (AvgIpc) is 2.58. The summed E-state index contributed by atoms with van der Waals surface area (Å²) in [6, 6.07) is 7.27. The Morgan fingerprint density at radius 3 is 2.41 bits per heavy atom. The zero-order valence-corrected chi connectivity index (χ0v) is 12.7. The van der Waals surface area contributed by atoms with E-state index in [1.54, 1.807) is 19.2 Å². The van der Waals surface area contributed by atoms with Crippen LogP contribution in [-0.4, -0.2) is 24.6 Å². The first-order valence-electron chi connectivity index (χ1n) is 7.45. The molecule has 0 unspecified atom stereocenters. The molecule has 22 heavy (non-hydrogen) atoms. The van der Waals surface area contributed by atoms with E-state index in [1.165, 1.54) is 6.42 Å². The van der Waals surface area contributed by atoms with Gasteiger partial charge >= 0.3 is 11.8 Å². The van der Waals surface area contributed by atoms with Gasteiger partial charge in [-0.3, -0.25) is 9.59 Å². The number of carbonyl (C=O) groups excluding carboxylic acids is 2. The van der Waals surface area contributed by atoms with Gasteiger partial charge in [0.2, 0.25) is 0 Å². The van der Waals surface area contributed by atoms with Crippen LogP contribution in [0.15, 0.2) is 29.4 Å². The van der Waals surface area contributed by atoms with Gasteiger partial charge in [-0.25, -0.2) is 5.43 Å². The molecule has 0 radical (unpaired) electrons. The summed E-state index contributed by atoms with van der Waals surface area (Å²) in [4.78, 5) is 23.4. The van der Waals surface area contributed by atoms with E-state index in [0.29, 0.717) is 0 Å². The quantitative estimate of drug-likeness (QED) is 0.657. The second kappa shape index (κ2) is 8.17. The van der Waals surface area contributed by atoms with Gasteiger partial charge in [-0.2, -0.15) is 5.10 Å². The lowest BCUT2D eigenvalue weighted by Gasteiger charge is -2.12. The second-order valence-electron chi connectivity index (χ2n) is 5.21. The molecule has 1 aliphatic carbocycles. The van der Waals surface area contributed by atoms with Crippen LogP contribution in [0.4, 0.5) is 0 Å². The fraction of sp³-hybridized carbons (Fsp3) is 0.438. The predicted molar refractivity (Wildman–Crippen MR) is 83.5 cm³/mol. The van der Waals surface area contributed by atoms with Crippen molar-refractivity contribution in [1.29, 1.82) is 0 Å². The van der Waals surface area contributed by atoms with Gasteiger partial charge in [0.1, 0.15) is 5.75 Å². The minimum absolute atomic E-state index is 0.285. The van der Waals surface area contributed by atoms with Crippen LogP contribution in [0.2, 0.25) is 0 Å². The van der Waals surface area contributed by atoms with E-state index < -0.39 is 11.8 Å². The average molecular weight is 303 g/mol. The number of hydrogen-bond donors (Lipinski definition) is 2. The highest BCUT2D eigenvalue weighted by Crippen LogP contribution is 2.14. The molecule has 0 aliphatic heterocycles. The maximum atomic E-state index is 11.7. The number of hydrazone groups is 1. The Hall–Kier alpha value is -2.37. The van der Waals surface area contributed by atoms with E-state index in [0.717, 1.165) is 42.7 Å². The lowest BCUT2D eigenvalue weighted by atomic mass is 9.99. The Labute approximate surface area is 129 Å². The van der Waals surface area contributed by atoms with Crippen LogP contribution >= 0.6 is 0 Å². The summed E-state index contributed by atoms with van der Waals surface area (Å²) in [6.45, 7) is 0.285. The molecule has 0 aromatic heterocycles.